The highest BCUT2D eigenvalue weighted by atomic mass is 79.9. The van der Waals surface area contributed by atoms with E-state index < -0.39 is 0 Å². The molecule has 0 amide bonds. The molecule has 1 aromatic heterocycles. The molecule has 0 unspecified atom stereocenters. The SMILES string of the molecule is CCOc1c(Br)cc(/C=C/c2nc3ccccc3o2)cc1OC. The number of aromatic nitrogens is 1. The fourth-order valence-corrected chi connectivity index (χ4v) is 2.82. The minimum atomic E-state index is 0.565. The molecular weight excluding hydrogens is 358 g/mol. The number of oxazole rings is 1. The maximum Gasteiger partial charge on any atom is 0.220 e. The Bertz CT molecular complexity index is 822. The Hall–Kier alpha value is -2.27. The van der Waals surface area contributed by atoms with Gasteiger partial charge in [-0.1, -0.05) is 12.1 Å². The molecular formula is C18H16BrNO3. The average molecular weight is 374 g/mol. The van der Waals surface area contributed by atoms with E-state index in [1.54, 1.807) is 7.11 Å². The number of fused-ring (bicyclic) bond motifs is 1. The van der Waals surface area contributed by atoms with Crippen LogP contribution in [0.3, 0.4) is 0 Å². The van der Waals surface area contributed by atoms with Crippen molar-refractivity contribution in [3.63, 3.8) is 0 Å². The van der Waals surface area contributed by atoms with Gasteiger partial charge in [0, 0.05) is 6.08 Å². The number of rotatable bonds is 5. The second-order valence-electron chi connectivity index (χ2n) is 4.82. The van der Waals surface area contributed by atoms with Crippen molar-refractivity contribution < 1.29 is 13.9 Å². The smallest absolute Gasteiger partial charge is 0.220 e. The maximum absolute atomic E-state index is 5.67. The number of hydrogen-bond acceptors (Lipinski definition) is 4. The largest absolute Gasteiger partial charge is 0.493 e. The number of hydrogen-bond donors (Lipinski definition) is 0. The van der Waals surface area contributed by atoms with Crippen molar-refractivity contribution in [3.8, 4) is 11.5 Å². The zero-order valence-electron chi connectivity index (χ0n) is 12.9. The van der Waals surface area contributed by atoms with Gasteiger partial charge >= 0.3 is 0 Å². The number of methoxy groups -OCH3 is 1. The standard InChI is InChI=1S/C18H16BrNO3/c1-3-22-18-13(19)10-12(11-16(18)21-2)8-9-17-20-14-6-4-5-7-15(14)23-17/h4-11H,3H2,1-2H3/b9-8+. The second-order valence-corrected chi connectivity index (χ2v) is 5.67. The first kappa shape index (κ1) is 15.6. The molecule has 118 valence electrons. The summed E-state index contributed by atoms with van der Waals surface area (Å²) in [4.78, 5) is 4.42. The van der Waals surface area contributed by atoms with Gasteiger partial charge in [0.2, 0.25) is 5.89 Å². The van der Waals surface area contributed by atoms with Crippen LogP contribution < -0.4 is 9.47 Å². The molecule has 0 N–H and O–H groups in total. The molecule has 0 radical (unpaired) electrons. The minimum Gasteiger partial charge on any atom is -0.493 e. The molecule has 0 aliphatic carbocycles. The summed E-state index contributed by atoms with van der Waals surface area (Å²) in [5.74, 6) is 1.95. The second kappa shape index (κ2) is 6.87. The van der Waals surface area contributed by atoms with Crippen molar-refractivity contribution in [1.29, 1.82) is 0 Å². The van der Waals surface area contributed by atoms with E-state index in [4.69, 9.17) is 13.9 Å². The van der Waals surface area contributed by atoms with Crippen LogP contribution in [0.5, 0.6) is 11.5 Å². The van der Waals surface area contributed by atoms with E-state index in [0.29, 0.717) is 24.0 Å². The van der Waals surface area contributed by atoms with Gasteiger partial charge in [0.25, 0.3) is 0 Å². The quantitative estimate of drug-likeness (QED) is 0.618. The predicted octanol–water partition coefficient (Wildman–Crippen LogP) is 5.17. The summed E-state index contributed by atoms with van der Waals surface area (Å²) in [5.41, 5.74) is 2.58. The molecule has 0 aliphatic heterocycles. The Morgan fingerprint density at radius 1 is 1.22 bits per heavy atom. The number of nitrogens with zero attached hydrogens (tertiary/aromatic N) is 1. The van der Waals surface area contributed by atoms with Crippen molar-refractivity contribution in [2.24, 2.45) is 0 Å². The highest BCUT2D eigenvalue weighted by Crippen LogP contribution is 2.37. The highest BCUT2D eigenvalue weighted by molar-refractivity contribution is 9.10. The van der Waals surface area contributed by atoms with E-state index in [9.17, 15) is 0 Å². The molecule has 4 nitrogen and oxygen atoms in total. The van der Waals surface area contributed by atoms with Gasteiger partial charge < -0.3 is 13.9 Å². The van der Waals surface area contributed by atoms with Crippen LogP contribution in [0.15, 0.2) is 45.3 Å². The van der Waals surface area contributed by atoms with E-state index in [-0.39, 0.29) is 0 Å². The van der Waals surface area contributed by atoms with Crippen LogP contribution in [0, 0.1) is 0 Å². The van der Waals surface area contributed by atoms with Crippen LogP contribution in [-0.2, 0) is 0 Å². The Kier molecular flexibility index (Phi) is 4.67. The first-order valence-electron chi connectivity index (χ1n) is 7.25. The molecule has 0 saturated heterocycles. The van der Waals surface area contributed by atoms with Crippen LogP contribution in [0.25, 0.3) is 23.3 Å². The van der Waals surface area contributed by atoms with E-state index in [2.05, 4.69) is 20.9 Å². The maximum atomic E-state index is 5.67. The van der Waals surface area contributed by atoms with Gasteiger partial charge in [0.05, 0.1) is 18.2 Å². The molecule has 0 fully saturated rings. The lowest BCUT2D eigenvalue weighted by Gasteiger charge is -2.12. The molecule has 0 bridgehead atoms. The summed E-state index contributed by atoms with van der Waals surface area (Å²) in [6, 6.07) is 11.6. The fourth-order valence-electron chi connectivity index (χ4n) is 2.25. The lowest BCUT2D eigenvalue weighted by molar-refractivity contribution is 0.309. The molecule has 3 rings (SSSR count). The molecule has 2 aromatic carbocycles. The average Bonchev–Trinajstić information content (AvgIpc) is 2.98. The van der Waals surface area contributed by atoms with E-state index in [1.165, 1.54) is 0 Å². The van der Waals surface area contributed by atoms with E-state index >= 15 is 0 Å². The molecule has 0 spiro atoms. The van der Waals surface area contributed by atoms with Crippen LogP contribution in [0.1, 0.15) is 18.4 Å². The van der Waals surface area contributed by atoms with Crippen molar-refractivity contribution in [3.05, 3.63) is 52.3 Å². The van der Waals surface area contributed by atoms with Gasteiger partial charge in [-0.25, -0.2) is 4.98 Å². The highest BCUT2D eigenvalue weighted by Gasteiger charge is 2.10. The number of para-hydroxylation sites is 2. The minimum absolute atomic E-state index is 0.565. The number of ether oxygens (including phenoxy) is 2. The summed E-state index contributed by atoms with van der Waals surface area (Å²) in [6.45, 7) is 2.51. The van der Waals surface area contributed by atoms with Gasteiger partial charge in [0.15, 0.2) is 17.1 Å². The molecule has 3 aromatic rings. The first-order chi connectivity index (χ1) is 11.2. The lowest BCUT2D eigenvalue weighted by Crippen LogP contribution is -1.96. The topological polar surface area (TPSA) is 44.5 Å². The third-order valence-electron chi connectivity index (χ3n) is 3.27. The van der Waals surface area contributed by atoms with Crippen LogP contribution in [0.2, 0.25) is 0 Å². The van der Waals surface area contributed by atoms with Crippen LogP contribution in [-0.4, -0.2) is 18.7 Å². The molecule has 1 heterocycles. The first-order valence-corrected chi connectivity index (χ1v) is 8.04. The molecule has 5 heteroatoms. The van der Waals surface area contributed by atoms with Gasteiger partial charge in [-0.2, -0.15) is 0 Å². The number of halogens is 1. The monoisotopic (exact) mass is 373 g/mol. The van der Waals surface area contributed by atoms with Crippen molar-refractivity contribution in [2.75, 3.05) is 13.7 Å². The summed E-state index contributed by atoms with van der Waals surface area (Å²) >= 11 is 3.52. The van der Waals surface area contributed by atoms with E-state index in [1.807, 2.05) is 55.5 Å². The van der Waals surface area contributed by atoms with Gasteiger partial charge in [0.1, 0.15) is 5.52 Å². The van der Waals surface area contributed by atoms with E-state index in [0.717, 1.165) is 21.1 Å². The summed E-state index contributed by atoms with van der Waals surface area (Å²) < 4.78 is 17.5. The Morgan fingerprint density at radius 3 is 2.78 bits per heavy atom. The predicted molar refractivity (Wildman–Crippen MR) is 94.8 cm³/mol. The third-order valence-corrected chi connectivity index (χ3v) is 3.86. The third kappa shape index (κ3) is 3.40. The summed E-state index contributed by atoms with van der Waals surface area (Å²) in [7, 11) is 1.62. The van der Waals surface area contributed by atoms with Gasteiger partial charge in [-0.3, -0.25) is 0 Å². The zero-order valence-corrected chi connectivity index (χ0v) is 14.5. The van der Waals surface area contributed by atoms with Crippen molar-refractivity contribution >= 4 is 39.2 Å². The Labute approximate surface area is 142 Å². The summed E-state index contributed by atoms with van der Waals surface area (Å²) in [5, 5.41) is 0. The molecule has 23 heavy (non-hydrogen) atoms. The van der Waals surface area contributed by atoms with Crippen LogP contribution in [0.4, 0.5) is 0 Å². The number of benzene rings is 2. The van der Waals surface area contributed by atoms with Crippen LogP contribution >= 0.6 is 15.9 Å². The Morgan fingerprint density at radius 2 is 2.04 bits per heavy atom. The molecule has 0 aliphatic rings. The van der Waals surface area contributed by atoms with Crippen molar-refractivity contribution in [2.45, 2.75) is 6.92 Å². The molecule has 0 saturated carbocycles. The zero-order chi connectivity index (χ0) is 16.2. The Balaban J connectivity index is 1.91. The lowest BCUT2D eigenvalue weighted by atomic mass is 10.2. The van der Waals surface area contributed by atoms with Gasteiger partial charge in [-0.05, 0) is 58.8 Å². The van der Waals surface area contributed by atoms with Gasteiger partial charge in [-0.15, -0.1) is 0 Å². The normalized spacial score (nSPS) is 11.3. The fraction of sp³-hybridized carbons (Fsp3) is 0.167. The summed E-state index contributed by atoms with van der Waals surface area (Å²) in [6.07, 6.45) is 3.76. The van der Waals surface area contributed by atoms with Crippen molar-refractivity contribution in [1.82, 2.24) is 4.98 Å². The molecule has 0 atom stereocenters.